The third-order valence-corrected chi connectivity index (χ3v) is 5.11. The zero-order valence-electron chi connectivity index (χ0n) is 16.2. The number of carbonyl (C=O) groups is 2. The minimum Gasteiger partial charge on any atom is -0.467 e. The van der Waals surface area contributed by atoms with Crippen LogP contribution in [-0.2, 0) is 16.0 Å². The molecule has 0 spiro atoms. The van der Waals surface area contributed by atoms with Gasteiger partial charge in [-0.25, -0.2) is 0 Å². The predicted molar refractivity (Wildman–Crippen MR) is 112 cm³/mol. The van der Waals surface area contributed by atoms with E-state index in [0.717, 1.165) is 30.0 Å². The number of furan rings is 1. The molecule has 0 saturated heterocycles. The van der Waals surface area contributed by atoms with E-state index in [-0.39, 0.29) is 12.6 Å². The third-order valence-electron chi connectivity index (χ3n) is 5.11. The molecule has 2 N–H and O–H groups in total. The van der Waals surface area contributed by atoms with Gasteiger partial charge >= 0.3 is 11.8 Å². The maximum absolute atomic E-state index is 12.4. The van der Waals surface area contributed by atoms with E-state index in [1.807, 2.05) is 49.4 Å². The zero-order valence-corrected chi connectivity index (χ0v) is 16.2. The Balaban J connectivity index is 1.45. The molecule has 2 heterocycles. The Kier molecular flexibility index (Phi) is 5.33. The molecule has 6 heteroatoms. The first-order valence-corrected chi connectivity index (χ1v) is 9.65. The van der Waals surface area contributed by atoms with Gasteiger partial charge in [0, 0.05) is 24.5 Å². The summed E-state index contributed by atoms with van der Waals surface area (Å²) in [5.41, 5.74) is 4.01. The van der Waals surface area contributed by atoms with E-state index in [9.17, 15) is 9.59 Å². The van der Waals surface area contributed by atoms with Crippen LogP contribution in [0.2, 0.25) is 0 Å². The average Bonchev–Trinajstić information content (AvgIpc) is 3.39. The van der Waals surface area contributed by atoms with Crippen molar-refractivity contribution < 1.29 is 14.0 Å². The Bertz CT molecular complexity index is 1010. The molecule has 2 amide bonds. The molecular weight excluding hydrogens is 366 g/mol. The summed E-state index contributed by atoms with van der Waals surface area (Å²) in [6, 6.07) is 19.1. The van der Waals surface area contributed by atoms with Crippen LogP contribution in [0.4, 0.5) is 11.4 Å². The maximum atomic E-state index is 12.4. The first kappa shape index (κ1) is 18.8. The molecule has 6 nitrogen and oxygen atoms in total. The topological polar surface area (TPSA) is 74.6 Å². The molecule has 0 saturated carbocycles. The standard InChI is InChI=1S/C23H23N3O3/c1-16-6-4-8-18(14-16)25-23(28)22(27)24-15-20(21-10-5-13-29-21)26-12-11-17-7-2-3-9-19(17)26/h2-10,13-14,20H,11-12,15H2,1H3,(H,24,27)(H,25,28). The highest BCUT2D eigenvalue weighted by Crippen LogP contribution is 2.34. The monoisotopic (exact) mass is 389 g/mol. The predicted octanol–water partition coefficient (Wildman–Crippen LogP) is 3.45. The number of para-hydroxylation sites is 1. The summed E-state index contributed by atoms with van der Waals surface area (Å²) in [4.78, 5) is 26.9. The highest BCUT2D eigenvalue weighted by atomic mass is 16.3. The van der Waals surface area contributed by atoms with Crippen molar-refractivity contribution in [2.75, 3.05) is 23.3 Å². The summed E-state index contributed by atoms with van der Waals surface area (Å²) in [5, 5.41) is 5.40. The van der Waals surface area contributed by atoms with E-state index in [0.29, 0.717) is 5.69 Å². The first-order chi connectivity index (χ1) is 14.1. The number of hydrogen-bond acceptors (Lipinski definition) is 4. The fourth-order valence-electron chi connectivity index (χ4n) is 3.71. The number of nitrogens with zero attached hydrogens (tertiary/aromatic N) is 1. The molecule has 2 aromatic carbocycles. The number of hydrogen-bond donors (Lipinski definition) is 2. The van der Waals surface area contributed by atoms with Gasteiger partial charge in [0.15, 0.2) is 0 Å². The SMILES string of the molecule is Cc1cccc(NC(=O)C(=O)NCC(c2ccco2)N2CCc3ccccc32)c1. The molecule has 29 heavy (non-hydrogen) atoms. The summed E-state index contributed by atoms with van der Waals surface area (Å²) in [6.45, 7) is 3.02. The highest BCUT2D eigenvalue weighted by molar-refractivity contribution is 6.39. The van der Waals surface area contributed by atoms with Crippen LogP contribution in [0.25, 0.3) is 0 Å². The smallest absolute Gasteiger partial charge is 0.313 e. The summed E-state index contributed by atoms with van der Waals surface area (Å²) in [5.74, 6) is -0.604. The fraction of sp³-hybridized carbons (Fsp3) is 0.217. The van der Waals surface area contributed by atoms with Crippen LogP contribution in [0.5, 0.6) is 0 Å². The van der Waals surface area contributed by atoms with Crippen LogP contribution < -0.4 is 15.5 Å². The van der Waals surface area contributed by atoms with E-state index < -0.39 is 11.8 Å². The molecule has 1 aliphatic heterocycles. The molecule has 1 unspecified atom stereocenters. The molecule has 1 aromatic heterocycles. The minimum atomic E-state index is -0.685. The zero-order chi connectivity index (χ0) is 20.2. The van der Waals surface area contributed by atoms with Gasteiger partial charge in [-0.05, 0) is 54.8 Å². The van der Waals surface area contributed by atoms with Gasteiger partial charge in [0.1, 0.15) is 11.8 Å². The molecule has 1 aliphatic rings. The van der Waals surface area contributed by atoms with Crippen molar-refractivity contribution in [2.24, 2.45) is 0 Å². The Morgan fingerprint density at radius 1 is 1.07 bits per heavy atom. The minimum absolute atomic E-state index is 0.190. The number of aryl methyl sites for hydroxylation is 1. The second kappa shape index (κ2) is 8.22. The van der Waals surface area contributed by atoms with Gasteiger partial charge in [-0.1, -0.05) is 30.3 Å². The molecule has 0 bridgehead atoms. The summed E-state index contributed by atoms with van der Waals surface area (Å²) in [6.07, 6.45) is 2.56. The van der Waals surface area contributed by atoms with Gasteiger partial charge in [0.05, 0.1) is 6.26 Å². The largest absolute Gasteiger partial charge is 0.467 e. The Morgan fingerprint density at radius 3 is 2.72 bits per heavy atom. The van der Waals surface area contributed by atoms with Crippen molar-refractivity contribution in [1.29, 1.82) is 0 Å². The average molecular weight is 389 g/mol. The van der Waals surface area contributed by atoms with Crippen molar-refractivity contribution in [2.45, 2.75) is 19.4 Å². The van der Waals surface area contributed by atoms with Gasteiger partial charge in [-0.3, -0.25) is 9.59 Å². The Hall–Kier alpha value is -3.54. The summed E-state index contributed by atoms with van der Waals surface area (Å²) < 4.78 is 5.63. The number of fused-ring (bicyclic) bond motifs is 1. The number of nitrogens with one attached hydrogen (secondary N) is 2. The van der Waals surface area contributed by atoms with Gasteiger partial charge in [-0.15, -0.1) is 0 Å². The molecule has 148 valence electrons. The van der Waals surface area contributed by atoms with Gasteiger partial charge in [-0.2, -0.15) is 0 Å². The van der Waals surface area contributed by atoms with Crippen LogP contribution in [0, 0.1) is 6.92 Å². The van der Waals surface area contributed by atoms with Crippen molar-refractivity contribution in [3.63, 3.8) is 0 Å². The summed E-state index contributed by atoms with van der Waals surface area (Å²) in [7, 11) is 0. The maximum Gasteiger partial charge on any atom is 0.313 e. The van der Waals surface area contributed by atoms with Crippen molar-refractivity contribution >= 4 is 23.2 Å². The molecule has 3 aromatic rings. The van der Waals surface area contributed by atoms with Gasteiger partial charge < -0.3 is 20.0 Å². The Morgan fingerprint density at radius 2 is 1.93 bits per heavy atom. The van der Waals surface area contributed by atoms with Crippen LogP contribution in [0.3, 0.4) is 0 Å². The number of rotatable bonds is 5. The van der Waals surface area contributed by atoms with Crippen molar-refractivity contribution in [3.05, 3.63) is 83.8 Å². The lowest BCUT2D eigenvalue weighted by molar-refractivity contribution is -0.136. The van der Waals surface area contributed by atoms with Gasteiger partial charge in [0.25, 0.3) is 0 Å². The van der Waals surface area contributed by atoms with Crippen LogP contribution >= 0.6 is 0 Å². The fourth-order valence-corrected chi connectivity index (χ4v) is 3.71. The molecule has 0 fully saturated rings. The van der Waals surface area contributed by atoms with E-state index in [1.165, 1.54) is 5.56 Å². The normalized spacial score (nSPS) is 13.6. The molecule has 0 aliphatic carbocycles. The third kappa shape index (κ3) is 4.16. The van der Waals surface area contributed by atoms with E-state index >= 15 is 0 Å². The van der Waals surface area contributed by atoms with Crippen molar-refractivity contribution in [1.82, 2.24) is 5.32 Å². The van der Waals surface area contributed by atoms with E-state index in [2.05, 4.69) is 27.7 Å². The quantitative estimate of drug-likeness (QED) is 0.656. The lowest BCUT2D eigenvalue weighted by atomic mass is 10.1. The van der Waals surface area contributed by atoms with Crippen LogP contribution in [0.1, 0.15) is 22.9 Å². The van der Waals surface area contributed by atoms with Crippen LogP contribution in [0.15, 0.2) is 71.3 Å². The Labute approximate surface area is 169 Å². The highest BCUT2D eigenvalue weighted by Gasteiger charge is 2.29. The van der Waals surface area contributed by atoms with Gasteiger partial charge in [0.2, 0.25) is 0 Å². The molecular formula is C23H23N3O3. The molecule has 0 radical (unpaired) electrons. The number of benzene rings is 2. The van der Waals surface area contributed by atoms with Crippen LogP contribution in [-0.4, -0.2) is 24.9 Å². The van der Waals surface area contributed by atoms with E-state index in [1.54, 1.807) is 12.3 Å². The number of carbonyl (C=O) groups excluding carboxylic acids is 2. The summed E-state index contributed by atoms with van der Waals surface area (Å²) >= 11 is 0. The van der Waals surface area contributed by atoms with Crippen molar-refractivity contribution in [3.8, 4) is 0 Å². The lowest BCUT2D eigenvalue weighted by Gasteiger charge is -2.29. The second-order valence-corrected chi connectivity index (χ2v) is 7.14. The lowest BCUT2D eigenvalue weighted by Crippen LogP contribution is -2.41. The first-order valence-electron chi connectivity index (χ1n) is 9.65. The molecule has 4 rings (SSSR count). The number of amides is 2. The molecule has 1 atom stereocenters. The van der Waals surface area contributed by atoms with E-state index in [4.69, 9.17) is 4.42 Å². The second-order valence-electron chi connectivity index (χ2n) is 7.14. The number of anilines is 2.